The average Bonchev–Trinajstić information content (AvgIpc) is 3.67. The molecule has 6 heterocycles. The Labute approximate surface area is 232 Å². The number of ether oxygens (including phenoxy) is 2. The van der Waals surface area contributed by atoms with Gasteiger partial charge in [0.1, 0.15) is 11.5 Å². The average molecular weight is 545 g/mol. The van der Waals surface area contributed by atoms with Gasteiger partial charge in [0, 0.05) is 62.5 Å². The molecule has 0 aromatic carbocycles. The number of fused-ring (bicyclic) bond motifs is 1. The number of hydrogen-bond donors (Lipinski definition) is 3. The molecule has 0 spiro atoms. The molecule has 1 saturated carbocycles. The van der Waals surface area contributed by atoms with Crippen molar-refractivity contribution in [2.75, 3.05) is 50.2 Å². The molecule has 12 heteroatoms. The molecule has 0 amide bonds. The summed E-state index contributed by atoms with van der Waals surface area (Å²) in [6.45, 7) is 5.32. The second-order valence-corrected chi connectivity index (χ2v) is 10.9. The van der Waals surface area contributed by atoms with Crippen LogP contribution in [0.2, 0.25) is 0 Å². The first kappa shape index (κ1) is 25.4. The van der Waals surface area contributed by atoms with Crippen LogP contribution in [0.15, 0.2) is 36.9 Å². The molecule has 4 aromatic rings. The molecule has 4 aromatic heterocycles. The third-order valence-electron chi connectivity index (χ3n) is 8.38. The van der Waals surface area contributed by atoms with E-state index in [0.29, 0.717) is 29.7 Å². The highest BCUT2D eigenvalue weighted by Crippen LogP contribution is 2.34. The van der Waals surface area contributed by atoms with Crippen molar-refractivity contribution < 1.29 is 9.47 Å². The van der Waals surface area contributed by atoms with Crippen molar-refractivity contribution in [2.45, 2.75) is 56.7 Å². The van der Waals surface area contributed by atoms with Gasteiger partial charge in [0.2, 0.25) is 5.95 Å². The van der Waals surface area contributed by atoms with Crippen LogP contribution in [0.25, 0.3) is 22.3 Å². The number of aromatic amines is 1. The summed E-state index contributed by atoms with van der Waals surface area (Å²) in [6.07, 6.45) is 13.9. The summed E-state index contributed by atoms with van der Waals surface area (Å²) in [5.41, 5.74) is 3.26. The number of H-pyrrole nitrogens is 1. The van der Waals surface area contributed by atoms with Gasteiger partial charge in [-0.3, -0.25) is 19.7 Å². The minimum atomic E-state index is 0.330. The Kier molecular flexibility index (Phi) is 7.28. The Bertz CT molecular complexity index is 1400. The quantitative estimate of drug-likeness (QED) is 0.316. The first-order valence-corrected chi connectivity index (χ1v) is 14.4. The minimum Gasteiger partial charge on any atom is -0.381 e. The zero-order valence-corrected chi connectivity index (χ0v) is 22.6. The lowest BCUT2D eigenvalue weighted by Crippen LogP contribution is -2.46. The van der Waals surface area contributed by atoms with Gasteiger partial charge in [-0.05, 0) is 50.7 Å². The van der Waals surface area contributed by atoms with Crippen LogP contribution in [0.3, 0.4) is 0 Å². The molecule has 3 N–H and O–H groups in total. The van der Waals surface area contributed by atoms with E-state index in [-0.39, 0.29) is 0 Å². The van der Waals surface area contributed by atoms with Gasteiger partial charge in [-0.25, -0.2) is 0 Å². The molecule has 0 radical (unpaired) electrons. The molecular weight excluding hydrogens is 508 g/mol. The first-order chi connectivity index (χ1) is 19.8. The zero-order valence-electron chi connectivity index (χ0n) is 22.6. The number of rotatable bonds is 7. The lowest BCUT2D eigenvalue weighted by Gasteiger charge is -2.39. The molecule has 210 valence electrons. The summed E-state index contributed by atoms with van der Waals surface area (Å²) in [4.78, 5) is 16.7. The van der Waals surface area contributed by atoms with Crippen molar-refractivity contribution in [3.8, 4) is 11.3 Å². The highest BCUT2D eigenvalue weighted by Gasteiger charge is 2.28. The van der Waals surface area contributed by atoms with Crippen molar-refractivity contribution in [3.63, 3.8) is 0 Å². The lowest BCUT2D eigenvalue weighted by molar-refractivity contribution is 0.00791. The smallest absolute Gasteiger partial charge is 0.231 e. The van der Waals surface area contributed by atoms with Crippen LogP contribution in [0, 0.1) is 0 Å². The SMILES string of the molecule is c1cncc(-c2n[nH]c3nc(Nc4cnn(C5CCOCC5)c4)nc(N[C@H]4CC[C@H](N5CCOCC5)CC4)c23)c1. The number of pyridine rings is 1. The lowest BCUT2D eigenvalue weighted by atomic mass is 9.90. The summed E-state index contributed by atoms with van der Waals surface area (Å²) >= 11 is 0. The maximum absolute atomic E-state index is 5.56. The fourth-order valence-corrected chi connectivity index (χ4v) is 6.21. The van der Waals surface area contributed by atoms with Gasteiger partial charge >= 0.3 is 0 Å². The van der Waals surface area contributed by atoms with E-state index in [9.17, 15) is 0 Å². The summed E-state index contributed by atoms with van der Waals surface area (Å²) in [5, 5.41) is 20.4. The summed E-state index contributed by atoms with van der Waals surface area (Å²) in [7, 11) is 0. The maximum Gasteiger partial charge on any atom is 0.231 e. The van der Waals surface area contributed by atoms with Crippen LogP contribution in [-0.4, -0.2) is 91.4 Å². The Balaban J connectivity index is 1.14. The van der Waals surface area contributed by atoms with Crippen LogP contribution in [0.1, 0.15) is 44.6 Å². The van der Waals surface area contributed by atoms with Crippen molar-refractivity contribution in [1.82, 2.24) is 39.8 Å². The molecule has 0 unspecified atom stereocenters. The number of morpholine rings is 1. The second kappa shape index (κ2) is 11.5. The molecule has 2 aliphatic heterocycles. The monoisotopic (exact) mass is 544 g/mol. The molecule has 40 heavy (non-hydrogen) atoms. The normalized spacial score (nSPS) is 22.9. The summed E-state index contributed by atoms with van der Waals surface area (Å²) in [6, 6.07) is 5.25. The molecule has 12 nitrogen and oxygen atoms in total. The third kappa shape index (κ3) is 5.38. The Morgan fingerprint density at radius 3 is 2.52 bits per heavy atom. The number of hydrogen-bond acceptors (Lipinski definition) is 10. The predicted molar refractivity (Wildman–Crippen MR) is 152 cm³/mol. The highest BCUT2D eigenvalue weighted by atomic mass is 16.5. The van der Waals surface area contributed by atoms with Crippen molar-refractivity contribution in [1.29, 1.82) is 0 Å². The number of nitrogens with one attached hydrogen (secondary N) is 3. The van der Waals surface area contributed by atoms with E-state index in [1.54, 1.807) is 6.20 Å². The standard InChI is InChI=1S/C28H36N10O2/c1-2-19(16-29-9-1)25-24-26(31-20-3-5-22(6-4-20)37-10-14-40-15-11-37)33-28(34-27(24)36-35-25)32-21-17-30-38(18-21)23-7-12-39-13-8-23/h1-2,9,16-18,20,22-23H,3-8,10-15H2,(H3,31,32,33,34,35,36)/t20-,22-. The van der Waals surface area contributed by atoms with Crippen molar-refractivity contribution in [2.24, 2.45) is 0 Å². The van der Waals surface area contributed by atoms with E-state index < -0.39 is 0 Å². The van der Waals surface area contributed by atoms with Crippen molar-refractivity contribution in [3.05, 3.63) is 36.9 Å². The molecule has 3 aliphatic rings. The topological polar surface area (TPSA) is 131 Å². The molecule has 7 rings (SSSR count). The van der Waals surface area contributed by atoms with Gasteiger partial charge in [-0.2, -0.15) is 20.2 Å². The van der Waals surface area contributed by atoms with Gasteiger partial charge in [0.05, 0.1) is 36.5 Å². The molecule has 2 saturated heterocycles. The zero-order chi connectivity index (χ0) is 26.7. The number of anilines is 3. The van der Waals surface area contributed by atoms with E-state index in [4.69, 9.17) is 19.4 Å². The molecule has 0 bridgehead atoms. The van der Waals surface area contributed by atoms with Gasteiger partial charge < -0.3 is 20.1 Å². The Morgan fingerprint density at radius 1 is 0.900 bits per heavy atom. The summed E-state index contributed by atoms with van der Waals surface area (Å²) in [5.74, 6) is 1.29. The van der Waals surface area contributed by atoms with Crippen LogP contribution >= 0.6 is 0 Å². The van der Waals surface area contributed by atoms with Crippen LogP contribution in [0.5, 0.6) is 0 Å². The Hall–Kier alpha value is -3.61. The number of aromatic nitrogens is 7. The van der Waals surface area contributed by atoms with Crippen molar-refractivity contribution >= 4 is 28.5 Å². The molecule has 3 fully saturated rings. The van der Waals surface area contributed by atoms with Gasteiger partial charge in [-0.1, -0.05) is 0 Å². The first-order valence-electron chi connectivity index (χ1n) is 14.4. The minimum absolute atomic E-state index is 0.330. The van der Waals surface area contributed by atoms with E-state index in [1.807, 2.05) is 35.4 Å². The second-order valence-electron chi connectivity index (χ2n) is 10.9. The highest BCUT2D eigenvalue weighted by molar-refractivity contribution is 5.99. The maximum atomic E-state index is 5.56. The molecule has 0 atom stereocenters. The van der Waals surface area contributed by atoms with Crippen LogP contribution in [-0.2, 0) is 9.47 Å². The van der Waals surface area contributed by atoms with Crippen LogP contribution in [0.4, 0.5) is 17.5 Å². The largest absolute Gasteiger partial charge is 0.381 e. The Morgan fingerprint density at radius 2 is 1.73 bits per heavy atom. The van der Waals surface area contributed by atoms with Crippen LogP contribution < -0.4 is 10.6 Å². The van der Waals surface area contributed by atoms with Gasteiger partial charge in [-0.15, -0.1) is 0 Å². The van der Waals surface area contributed by atoms with Gasteiger partial charge in [0.25, 0.3) is 0 Å². The van der Waals surface area contributed by atoms with Gasteiger partial charge in [0.15, 0.2) is 5.65 Å². The fourth-order valence-electron chi connectivity index (χ4n) is 6.21. The van der Waals surface area contributed by atoms with E-state index in [1.165, 1.54) is 12.8 Å². The number of nitrogens with zero attached hydrogens (tertiary/aromatic N) is 7. The molecule has 1 aliphatic carbocycles. The van der Waals surface area contributed by atoms with E-state index in [2.05, 4.69) is 35.8 Å². The van der Waals surface area contributed by atoms with E-state index in [0.717, 1.165) is 93.3 Å². The molecular formula is C28H36N10O2. The third-order valence-corrected chi connectivity index (χ3v) is 8.38. The predicted octanol–water partition coefficient (Wildman–Crippen LogP) is 3.76. The van der Waals surface area contributed by atoms with E-state index >= 15 is 0 Å². The fraction of sp³-hybridized carbons (Fsp3) is 0.536. The summed E-state index contributed by atoms with van der Waals surface area (Å²) < 4.78 is 13.1.